The third kappa shape index (κ3) is 6.41. The average molecular weight is 540 g/mol. The molecule has 13 heteroatoms. The summed E-state index contributed by atoms with van der Waals surface area (Å²) < 4.78 is 18.4. The van der Waals surface area contributed by atoms with E-state index in [-0.39, 0.29) is 17.4 Å². The quantitative estimate of drug-likeness (QED) is 0.138. The zero-order valence-electron chi connectivity index (χ0n) is 19.9. The van der Waals surface area contributed by atoms with Gasteiger partial charge >= 0.3 is 7.60 Å². The lowest BCUT2D eigenvalue weighted by molar-refractivity contribution is -0.0355. The molecule has 1 aliphatic heterocycles. The molecule has 0 aliphatic carbocycles. The highest BCUT2D eigenvalue weighted by Gasteiger charge is 2.44. The lowest BCUT2D eigenvalue weighted by Crippen LogP contribution is -2.31. The molecular weight excluding hydrogens is 509 g/mol. The first-order valence-electron chi connectivity index (χ1n) is 12.0. The first-order chi connectivity index (χ1) is 17.2. The predicted octanol–water partition coefficient (Wildman–Crippen LogP) is 3.53. The molecule has 3 heterocycles. The predicted molar refractivity (Wildman–Crippen MR) is 135 cm³/mol. The minimum absolute atomic E-state index is 0.0506. The van der Waals surface area contributed by atoms with E-state index in [1.165, 1.54) is 35.7 Å². The second-order valence-electron chi connectivity index (χ2n) is 9.02. The first-order valence-corrected chi connectivity index (χ1v) is 14.2. The van der Waals surface area contributed by atoms with Gasteiger partial charge in [0.2, 0.25) is 5.28 Å². The van der Waals surface area contributed by atoms with Crippen molar-refractivity contribution in [2.45, 2.75) is 70.0 Å². The molecule has 4 rings (SSSR count). The largest absolute Gasteiger partial charge is 0.388 e. The number of unbranched alkanes of at least 4 members (excludes halogenated alkanes) is 3. The van der Waals surface area contributed by atoms with Crippen LogP contribution in [0.2, 0.25) is 5.28 Å². The summed E-state index contributed by atoms with van der Waals surface area (Å²) in [6.45, 7) is 2.19. The van der Waals surface area contributed by atoms with Gasteiger partial charge in [-0.05, 0) is 48.6 Å². The monoisotopic (exact) mass is 539 g/mol. The number of halogens is 1. The normalized spacial score (nSPS) is 22.4. The Kier molecular flexibility index (Phi) is 8.62. The first kappa shape index (κ1) is 26.9. The maximum atomic E-state index is 11.2. The summed E-state index contributed by atoms with van der Waals surface area (Å²) in [5, 5.41) is 24.1. The summed E-state index contributed by atoms with van der Waals surface area (Å²) in [5.74, 6) is 0.366. The summed E-state index contributed by atoms with van der Waals surface area (Å²) >= 11 is 6.18. The Balaban J connectivity index is 1.51. The Hall–Kier alpha value is -2.11. The van der Waals surface area contributed by atoms with E-state index in [9.17, 15) is 14.8 Å². The molecule has 2 aromatic heterocycles. The standard InChI is InChI=1S/C23H31ClN5O6P/c1-2-3-4-5-6-14-7-9-15(10-8-14)26-20-17-21(28-23(24)27-20)29(13-25-17)22-19(31)18(30)16(35-22)11-12-36(32,33)34/h7-10,13,16,18-19,22,30-31H,2-6,11-12H2,1H3,(H,26,27,28)(H2,32,33,34)/t16-,18?,19+,22-/m1/s1. The van der Waals surface area contributed by atoms with Crippen molar-refractivity contribution in [1.82, 2.24) is 19.5 Å². The van der Waals surface area contributed by atoms with Gasteiger partial charge in [0, 0.05) is 5.69 Å². The number of aliphatic hydroxyl groups excluding tert-OH is 2. The molecule has 0 amide bonds. The van der Waals surface area contributed by atoms with Gasteiger partial charge in [0.15, 0.2) is 23.2 Å². The van der Waals surface area contributed by atoms with Crippen LogP contribution in [0.1, 0.15) is 50.8 Å². The van der Waals surface area contributed by atoms with Crippen molar-refractivity contribution >= 4 is 41.9 Å². The Morgan fingerprint density at radius 3 is 2.56 bits per heavy atom. The van der Waals surface area contributed by atoms with Crippen LogP contribution in [-0.4, -0.2) is 64.0 Å². The van der Waals surface area contributed by atoms with Crippen LogP contribution in [0, 0.1) is 0 Å². The molecule has 1 aromatic carbocycles. The minimum atomic E-state index is -4.28. The van der Waals surface area contributed by atoms with Gasteiger partial charge < -0.3 is 30.1 Å². The third-order valence-corrected chi connectivity index (χ3v) is 7.26. The van der Waals surface area contributed by atoms with Crippen molar-refractivity contribution in [2.75, 3.05) is 11.5 Å². The van der Waals surface area contributed by atoms with E-state index in [1.54, 1.807) is 0 Å². The second-order valence-corrected chi connectivity index (χ2v) is 11.1. The van der Waals surface area contributed by atoms with Gasteiger partial charge in [-0.25, -0.2) is 4.98 Å². The smallest absolute Gasteiger partial charge is 0.325 e. The fraction of sp³-hybridized carbons (Fsp3) is 0.522. The van der Waals surface area contributed by atoms with Crippen molar-refractivity contribution in [3.63, 3.8) is 0 Å². The van der Waals surface area contributed by atoms with Gasteiger partial charge in [-0.1, -0.05) is 38.3 Å². The fourth-order valence-corrected chi connectivity index (χ4v) is 5.06. The lowest BCUT2D eigenvalue weighted by Gasteiger charge is -2.17. The molecule has 1 unspecified atom stereocenters. The van der Waals surface area contributed by atoms with Crippen molar-refractivity contribution in [2.24, 2.45) is 0 Å². The number of hydrogen-bond donors (Lipinski definition) is 5. The molecule has 1 aliphatic rings. The Morgan fingerprint density at radius 1 is 1.11 bits per heavy atom. The van der Waals surface area contributed by atoms with E-state index < -0.39 is 38.3 Å². The summed E-state index contributed by atoms with van der Waals surface area (Å²) in [7, 11) is -4.28. The highest BCUT2D eigenvalue weighted by Crippen LogP contribution is 2.40. The molecule has 1 saturated heterocycles. The molecule has 4 atom stereocenters. The van der Waals surface area contributed by atoms with Gasteiger partial charge in [0.1, 0.15) is 12.2 Å². The number of aliphatic hydroxyl groups is 2. The van der Waals surface area contributed by atoms with Crippen molar-refractivity contribution in [1.29, 1.82) is 0 Å². The number of hydrogen-bond acceptors (Lipinski definition) is 8. The Morgan fingerprint density at radius 2 is 1.86 bits per heavy atom. The number of nitrogens with one attached hydrogen (secondary N) is 1. The number of ether oxygens (including phenoxy) is 1. The lowest BCUT2D eigenvalue weighted by atomic mass is 10.1. The van der Waals surface area contributed by atoms with Crippen molar-refractivity contribution in [3.05, 3.63) is 41.4 Å². The van der Waals surface area contributed by atoms with E-state index >= 15 is 0 Å². The fourth-order valence-electron chi connectivity index (χ4n) is 4.30. The van der Waals surface area contributed by atoms with E-state index in [2.05, 4.69) is 39.3 Å². The molecule has 0 bridgehead atoms. The number of rotatable bonds is 11. The third-order valence-electron chi connectivity index (χ3n) is 6.25. The van der Waals surface area contributed by atoms with Crippen LogP contribution in [0.25, 0.3) is 11.2 Å². The van der Waals surface area contributed by atoms with Crippen LogP contribution in [0.3, 0.4) is 0 Å². The molecule has 5 N–H and O–H groups in total. The number of benzene rings is 1. The van der Waals surface area contributed by atoms with Gasteiger partial charge in [-0.3, -0.25) is 9.13 Å². The molecule has 0 radical (unpaired) electrons. The zero-order chi connectivity index (χ0) is 25.9. The topological polar surface area (TPSA) is 163 Å². The highest BCUT2D eigenvalue weighted by atomic mass is 35.5. The minimum Gasteiger partial charge on any atom is -0.388 e. The van der Waals surface area contributed by atoms with Gasteiger partial charge in [-0.2, -0.15) is 9.97 Å². The molecule has 3 aromatic rings. The molecule has 36 heavy (non-hydrogen) atoms. The average Bonchev–Trinajstić information content (AvgIpc) is 3.37. The number of fused-ring (bicyclic) bond motifs is 1. The van der Waals surface area contributed by atoms with Crippen LogP contribution >= 0.6 is 19.2 Å². The van der Waals surface area contributed by atoms with E-state index in [1.807, 2.05) is 12.1 Å². The van der Waals surface area contributed by atoms with Gasteiger partial charge in [-0.15, -0.1) is 0 Å². The summed E-state index contributed by atoms with van der Waals surface area (Å²) in [6.07, 6.45) is 1.91. The summed E-state index contributed by atoms with van der Waals surface area (Å²) in [6, 6.07) is 8.04. The van der Waals surface area contributed by atoms with E-state index in [0.717, 1.165) is 18.5 Å². The number of aryl methyl sites for hydroxylation is 1. The summed E-state index contributed by atoms with van der Waals surface area (Å²) in [4.78, 5) is 31.1. The van der Waals surface area contributed by atoms with Crippen molar-refractivity contribution in [3.8, 4) is 0 Å². The summed E-state index contributed by atoms with van der Waals surface area (Å²) in [5.41, 5.74) is 2.71. The maximum absolute atomic E-state index is 11.2. The maximum Gasteiger partial charge on any atom is 0.325 e. The second kappa shape index (κ2) is 11.5. The highest BCUT2D eigenvalue weighted by molar-refractivity contribution is 7.51. The van der Waals surface area contributed by atoms with Gasteiger partial charge in [0.25, 0.3) is 0 Å². The van der Waals surface area contributed by atoms with Crippen molar-refractivity contribution < 1.29 is 29.3 Å². The molecular formula is C23H31ClN5O6P. The molecule has 1 fully saturated rings. The van der Waals surface area contributed by atoms with Crippen LogP contribution in [0.15, 0.2) is 30.6 Å². The van der Waals surface area contributed by atoms with E-state index in [0.29, 0.717) is 11.3 Å². The SMILES string of the molecule is CCCCCCc1ccc(Nc2nc(Cl)nc3c2ncn3[C@@H]2O[C@H](CCP(=O)(O)O)C(O)[C@@H]2O)cc1. The van der Waals surface area contributed by atoms with Crippen LogP contribution < -0.4 is 5.32 Å². The Labute approximate surface area is 213 Å². The van der Waals surface area contributed by atoms with E-state index in [4.69, 9.17) is 26.1 Å². The zero-order valence-corrected chi connectivity index (χ0v) is 21.5. The van der Waals surface area contributed by atoms with Gasteiger partial charge in [0.05, 0.1) is 18.6 Å². The number of nitrogens with zero attached hydrogens (tertiary/aromatic N) is 4. The number of imidazole rings is 1. The van der Waals surface area contributed by atoms with Crippen LogP contribution in [-0.2, 0) is 15.7 Å². The van der Waals surface area contributed by atoms with Crippen LogP contribution in [0.5, 0.6) is 0 Å². The number of aromatic nitrogens is 4. The molecule has 0 saturated carbocycles. The molecule has 0 spiro atoms. The molecule has 196 valence electrons. The Bertz CT molecular complexity index is 1220. The van der Waals surface area contributed by atoms with Crippen LogP contribution in [0.4, 0.5) is 11.5 Å². The number of anilines is 2. The molecule has 11 nitrogen and oxygen atoms in total.